The second-order valence-electron chi connectivity index (χ2n) is 3.00. The zero-order valence-corrected chi connectivity index (χ0v) is 7.36. The van der Waals surface area contributed by atoms with E-state index in [2.05, 4.69) is 12.1 Å². The van der Waals surface area contributed by atoms with E-state index in [1.165, 1.54) is 0 Å². The maximum absolute atomic E-state index is 8.65. The Balaban J connectivity index is 2.41. The summed E-state index contributed by atoms with van der Waals surface area (Å²) in [7, 11) is 0. The maximum Gasteiger partial charge on any atom is 0.0991 e. The molecule has 2 heteroatoms. The average Bonchev–Trinajstić information content (AvgIpc) is 2.86. The maximum atomic E-state index is 8.65. The molecular formula is C12H6N2. The van der Waals surface area contributed by atoms with Gasteiger partial charge in [-0.3, -0.25) is 0 Å². The minimum Gasteiger partial charge on any atom is -0.192 e. The fourth-order valence-electron chi connectivity index (χ4n) is 1.38. The van der Waals surface area contributed by atoms with Crippen LogP contribution in [0.2, 0.25) is 0 Å². The lowest BCUT2D eigenvalue weighted by Gasteiger charge is -1.92. The highest BCUT2D eigenvalue weighted by molar-refractivity contribution is 5.62. The summed E-state index contributed by atoms with van der Waals surface area (Å²) in [5.74, 6) is 0. The molecule has 2 aliphatic carbocycles. The molecule has 0 radical (unpaired) electrons. The average molecular weight is 178 g/mol. The molecule has 0 heterocycles. The molecule has 64 valence electrons. The summed E-state index contributed by atoms with van der Waals surface area (Å²) in [6.45, 7) is 0. The van der Waals surface area contributed by atoms with Crippen molar-refractivity contribution in [1.82, 2.24) is 0 Å². The van der Waals surface area contributed by atoms with E-state index in [-0.39, 0.29) is 0 Å². The van der Waals surface area contributed by atoms with Crippen LogP contribution in [0.25, 0.3) is 0 Å². The molecule has 0 spiro atoms. The fourth-order valence-corrected chi connectivity index (χ4v) is 1.38. The molecule has 0 bridgehead atoms. The third-order valence-corrected chi connectivity index (χ3v) is 2.10. The van der Waals surface area contributed by atoms with Gasteiger partial charge in [0.1, 0.15) is 0 Å². The second kappa shape index (κ2) is 3.20. The van der Waals surface area contributed by atoms with Crippen LogP contribution in [-0.2, 0) is 0 Å². The predicted octanol–water partition coefficient (Wildman–Crippen LogP) is 2.32. The highest BCUT2D eigenvalue weighted by Crippen LogP contribution is 2.24. The summed E-state index contributed by atoms with van der Waals surface area (Å²) < 4.78 is 0. The van der Waals surface area contributed by atoms with Gasteiger partial charge in [-0.25, -0.2) is 0 Å². The third kappa shape index (κ3) is 1.30. The number of allylic oxidation sites excluding steroid dienone is 10. The second-order valence-corrected chi connectivity index (χ2v) is 3.00. The van der Waals surface area contributed by atoms with Crippen molar-refractivity contribution in [3.8, 4) is 12.1 Å². The van der Waals surface area contributed by atoms with E-state index in [4.69, 9.17) is 10.5 Å². The number of hydrogen-bond acceptors (Lipinski definition) is 2. The largest absolute Gasteiger partial charge is 0.192 e. The van der Waals surface area contributed by atoms with E-state index in [0.717, 1.165) is 11.1 Å². The van der Waals surface area contributed by atoms with Crippen molar-refractivity contribution >= 4 is 0 Å². The lowest BCUT2D eigenvalue weighted by atomic mass is 10.1. The SMILES string of the molecule is N#CC1=C/C(=C2\C=CC(C#N)=C2)C=C1. The van der Waals surface area contributed by atoms with E-state index in [1.54, 1.807) is 12.2 Å². The minimum atomic E-state index is 0.653. The Kier molecular flexibility index (Phi) is 1.89. The van der Waals surface area contributed by atoms with Crippen LogP contribution < -0.4 is 0 Å². The molecule has 0 atom stereocenters. The fraction of sp³-hybridized carbons (Fsp3) is 0. The first-order valence-corrected chi connectivity index (χ1v) is 4.17. The topological polar surface area (TPSA) is 47.6 Å². The van der Waals surface area contributed by atoms with E-state index in [0.29, 0.717) is 11.1 Å². The van der Waals surface area contributed by atoms with E-state index < -0.39 is 0 Å². The zero-order chi connectivity index (χ0) is 9.97. The van der Waals surface area contributed by atoms with Crippen molar-refractivity contribution in [3.05, 3.63) is 58.7 Å². The lowest BCUT2D eigenvalue weighted by molar-refractivity contribution is 1.50. The van der Waals surface area contributed by atoms with Crippen LogP contribution in [0.4, 0.5) is 0 Å². The van der Waals surface area contributed by atoms with E-state index in [9.17, 15) is 0 Å². The Labute approximate surface area is 82.1 Å². The van der Waals surface area contributed by atoms with Gasteiger partial charge in [-0.15, -0.1) is 0 Å². The van der Waals surface area contributed by atoms with Crippen LogP contribution >= 0.6 is 0 Å². The molecular weight excluding hydrogens is 172 g/mol. The zero-order valence-electron chi connectivity index (χ0n) is 7.36. The molecule has 0 aliphatic heterocycles. The molecule has 2 nitrogen and oxygen atoms in total. The molecule has 0 aromatic carbocycles. The standard InChI is InChI=1S/C12H6N2/c13-7-9-1-3-11(5-9)12-4-2-10(6-12)8-14/h1-6H/b12-11+. The van der Waals surface area contributed by atoms with Crippen LogP contribution in [0.5, 0.6) is 0 Å². The number of nitriles is 2. The monoisotopic (exact) mass is 178 g/mol. The van der Waals surface area contributed by atoms with E-state index in [1.807, 2.05) is 24.3 Å². The van der Waals surface area contributed by atoms with Gasteiger partial charge in [0.05, 0.1) is 23.3 Å². The first-order valence-electron chi connectivity index (χ1n) is 4.17. The predicted molar refractivity (Wildman–Crippen MR) is 52.7 cm³/mol. The summed E-state index contributed by atoms with van der Waals surface area (Å²) in [6.07, 6.45) is 10.9. The van der Waals surface area contributed by atoms with Gasteiger partial charge in [-0.2, -0.15) is 10.5 Å². The minimum absolute atomic E-state index is 0.653. The molecule has 0 fully saturated rings. The summed E-state index contributed by atoms with van der Waals surface area (Å²) in [5, 5.41) is 17.3. The van der Waals surface area contributed by atoms with E-state index >= 15 is 0 Å². The van der Waals surface area contributed by atoms with Gasteiger partial charge >= 0.3 is 0 Å². The van der Waals surface area contributed by atoms with Crippen LogP contribution in [0.3, 0.4) is 0 Å². The summed E-state index contributed by atoms with van der Waals surface area (Å²) >= 11 is 0. The normalized spacial score (nSPS) is 23.0. The van der Waals surface area contributed by atoms with Crippen LogP contribution in [0.1, 0.15) is 0 Å². The molecule has 0 unspecified atom stereocenters. The third-order valence-electron chi connectivity index (χ3n) is 2.10. The molecule has 2 aliphatic rings. The summed E-state index contributed by atoms with van der Waals surface area (Å²) in [5.41, 5.74) is 3.28. The Bertz CT molecular complexity index is 464. The molecule has 0 N–H and O–H groups in total. The quantitative estimate of drug-likeness (QED) is 0.571. The Hall–Kier alpha value is -2.32. The molecule has 0 saturated heterocycles. The number of rotatable bonds is 0. The van der Waals surface area contributed by atoms with Crippen molar-refractivity contribution in [3.63, 3.8) is 0 Å². The van der Waals surface area contributed by atoms with Crippen molar-refractivity contribution in [1.29, 1.82) is 10.5 Å². The smallest absolute Gasteiger partial charge is 0.0991 e. The van der Waals surface area contributed by atoms with Gasteiger partial charge in [-0.1, -0.05) is 12.2 Å². The van der Waals surface area contributed by atoms with Gasteiger partial charge in [-0.05, 0) is 35.5 Å². The van der Waals surface area contributed by atoms with Crippen LogP contribution in [-0.4, -0.2) is 0 Å². The summed E-state index contributed by atoms with van der Waals surface area (Å²) in [4.78, 5) is 0. The number of hydrogen-bond donors (Lipinski definition) is 0. The van der Waals surface area contributed by atoms with Crippen molar-refractivity contribution < 1.29 is 0 Å². The highest BCUT2D eigenvalue weighted by atomic mass is 14.3. The molecule has 0 saturated carbocycles. The molecule has 0 amide bonds. The first kappa shape index (κ1) is 8.29. The Morgan fingerprint density at radius 1 is 0.714 bits per heavy atom. The van der Waals surface area contributed by atoms with Crippen LogP contribution in [0, 0.1) is 22.7 Å². The summed E-state index contributed by atoms with van der Waals surface area (Å²) in [6, 6.07) is 4.15. The lowest BCUT2D eigenvalue weighted by Crippen LogP contribution is -1.74. The molecule has 14 heavy (non-hydrogen) atoms. The van der Waals surface area contributed by atoms with Crippen LogP contribution in [0.15, 0.2) is 58.7 Å². The van der Waals surface area contributed by atoms with Crippen molar-refractivity contribution in [2.24, 2.45) is 0 Å². The molecule has 0 aromatic heterocycles. The van der Waals surface area contributed by atoms with Gasteiger partial charge in [0.25, 0.3) is 0 Å². The first-order chi connectivity index (χ1) is 6.83. The van der Waals surface area contributed by atoms with Crippen molar-refractivity contribution in [2.75, 3.05) is 0 Å². The molecule has 0 aromatic rings. The van der Waals surface area contributed by atoms with Gasteiger partial charge < -0.3 is 0 Å². The number of nitrogens with zero attached hydrogens (tertiary/aromatic N) is 2. The van der Waals surface area contributed by atoms with Crippen molar-refractivity contribution in [2.45, 2.75) is 0 Å². The molecule has 2 rings (SSSR count). The highest BCUT2D eigenvalue weighted by Gasteiger charge is 2.08. The van der Waals surface area contributed by atoms with Gasteiger partial charge in [0.15, 0.2) is 0 Å². The van der Waals surface area contributed by atoms with Gasteiger partial charge in [0, 0.05) is 0 Å². The Morgan fingerprint density at radius 2 is 1.14 bits per heavy atom. The van der Waals surface area contributed by atoms with Gasteiger partial charge in [0.2, 0.25) is 0 Å². The Morgan fingerprint density at radius 3 is 1.43 bits per heavy atom.